The average Bonchev–Trinajstić information content (AvgIpc) is 2.85. The van der Waals surface area contributed by atoms with E-state index < -0.39 is 9.84 Å². The fraction of sp³-hybridized carbons (Fsp3) is 0.643. The van der Waals surface area contributed by atoms with Crippen molar-refractivity contribution in [1.82, 2.24) is 4.98 Å². The molecular weight excluding hydrogens is 260 g/mol. The van der Waals surface area contributed by atoms with Gasteiger partial charge in [-0.25, -0.2) is 13.4 Å². The number of hydrogen-bond acceptors (Lipinski definition) is 4. The number of nitrogens with one attached hydrogen (secondary N) is 1. The summed E-state index contributed by atoms with van der Waals surface area (Å²) in [5.41, 5.74) is 0.312. The minimum absolute atomic E-state index is 0.291. The van der Waals surface area contributed by atoms with Gasteiger partial charge in [0, 0.05) is 19.0 Å². The minimum Gasteiger partial charge on any atom is -0.368 e. The molecule has 1 N–H and O–H groups in total. The highest BCUT2D eigenvalue weighted by Crippen LogP contribution is 2.41. The van der Waals surface area contributed by atoms with Crippen LogP contribution < -0.4 is 5.32 Å². The molecule has 1 fully saturated rings. The molecule has 1 aliphatic rings. The first-order valence-electron chi connectivity index (χ1n) is 6.86. The topological polar surface area (TPSA) is 59.1 Å². The largest absolute Gasteiger partial charge is 0.368 e. The zero-order chi connectivity index (χ0) is 13.9. The first kappa shape index (κ1) is 14.3. The number of anilines is 1. The van der Waals surface area contributed by atoms with Crippen LogP contribution in [0.3, 0.4) is 0 Å². The lowest BCUT2D eigenvalue weighted by atomic mass is 9.83. The van der Waals surface area contributed by atoms with Gasteiger partial charge in [-0.05, 0) is 36.8 Å². The normalized spacial score (nSPS) is 18.4. The lowest BCUT2D eigenvalue weighted by molar-refractivity contribution is 0.306. The van der Waals surface area contributed by atoms with Crippen LogP contribution in [0.2, 0.25) is 0 Å². The lowest BCUT2D eigenvalue weighted by Crippen LogP contribution is -2.26. The van der Waals surface area contributed by atoms with E-state index in [1.54, 1.807) is 18.3 Å². The van der Waals surface area contributed by atoms with Gasteiger partial charge < -0.3 is 5.32 Å². The molecule has 0 bridgehead atoms. The fourth-order valence-corrected chi connectivity index (χ4v) is 3.68. The van der Waals surface area contributed by atoms with Crippen LogP contribution in [-0.2, 0) is 9.84 Å². The molecule has 0 unspecified atom stereocenters. The molecule has 1 saturated carbocycles. The van der Waals surface area contributed by atoms with Crippen molar-refractivity contribution in [3.8, 4) is 0 Å². The molecule has 1 aromatic rings. The number of nitrogens with zero attached hydrogens (tertiary/aromatic N) is 1. The van der Waals surface area contributed by atoms with E-state index in [0.29, 0.717) is 16.1 Å². The quantitative estimate of drug-likeness (QED) is 0.902. The summed E-state index contributed by atoms with van der Waals surface area (Å²) in [7, 11) is -3.23. The molecule has 2 rings (SSSR count). The van der Waals surface area contributed by atoms with Crippen molar-refractivity contribution in [2.75, 3.05) is 18.1 Å². The minimum atomic E-state index is -3.23. The van der Waals surface area contributed by atoms with Gasteiger partial charge >= 0.3 is 0 Å². The number of pyridine rings is 1. The van der Waals surface area contributed by atoms with Crippen molar-refractivity contribution < 1.29 is 8.42 Å². The third kappa shape index (κ3) is 3.26. The number of sulfone groups is 1. The third-order valence-corrected chi connectivity index (χ3v) is 5.34. The summed E-state index contributed by atoms with van der Waals surface area (Å²) in [6, 6.07) is 3.27. The molecule has 0 saturated heterocycles. The molecule has 0 radical (unpaired) electrons. The van der Waals surface area contributed by atoms with Crippen LogP contribution in [0.25, 0.3) is 0 Å². The maximum atomic E-state index is 11.7. The van der Waals surface area contributed by atoms with Crippen LogP contribution >= 0.6 is 0 Å². The molecule has 0 aliphatic heterocycles. The molecule has 4 nitrogen and oxygen atoms in total. The molecule has 0 amide bonds. The highest BCUT2D eigenvalue weighted by molar-refractivity contribution is 7.90. The predicted molar refractivity (Wildman–Crippen MR) is 77.0 cm³/mol. The Morgan fingerprint density at radius 2 is 2.05 bits per heavy atom. The van der Waals surface area contributed by atoms with Crippen LogP contribution in [0.4, 0.5) is 5.82 Å². The van der Waals surface area contributed by atoms with Crippen molar-refractivity contribution in [3.63, 3.8) is 0 Å². The van der Waals surface area contributed by atoms with Crippen LogP contribution in [0, 0.1) is 5.41 Å². The van der Waals surface area contributed by atoms with Crippen LogP contribution in [0.5, 0.6) is 0 Å². The van der Waals surface area contributed by atoms with Crippen LogP contribution in [-0.4, -0.2) is 26.2 Å². The average molecular weight is 282 g/mol. The van der Waals surface area contributed by atoms with Crippen molar-refractivity contribution in [3.05, 3.63) is 18.3 Å². The molecule has 106 valence electrons. The van der Waals surface area contributed by atoms with E-state index in [0.717, 1.165) is 13.0 Å². The van der Waals surface area contributed by atoms with E-state index in [1.165, 1.54) is 31.9 Å². The van der Waals surface area contributed by atoms with Gasteiger partial charge in [-0.1, -0.05) is 19.8 Å². The number of aromatic nitrogens is 1. The summed E-state index contributed by atoms with van der Waals surface area (Å²) in [4.78, 5) is 4.47. The molecule has 5 heteroatoms. The second-order valence-electron chi connectivity index (χ2n) is 5.54. The van der Waals surface area contributed by atoms with E-state index in [1.807, 2.05) is 0 Å². The highest BCUT2D eigenvalue weighted by atomic mass is 32.2. The Bertz CT molecular complexity index is 534. The summed E-state index contributed by atoms with van der Waals surface area (Å²) in [5.74, 6) is 0.490. The van der Waals surface area contributed by atoms with Gasteiger partial charge in [0.1, 0.15) is 10.7 Å². The second-order valence-corrected chi connectivity index (χ2v) is 7.52. The summed E-state index contributed by atoms with van der Waals surface area (Å²) in [6.07, 6.45) is 8.97. The molecule has 19 heavy (non-hydrogen) atoms. The first-order chi connectivity index (χ1) is 8.97. The Morgan fingerprint density at radius 1 is 1.37 bits per heavy atom. The maximum absolute atomic E-state index is 11.7. The zero-order valence-electron chi connectivity index (χ0n) is 11.6. The fourth-order valence-electron chi connectivity index (χ4n) is 2.87. The Balaban J connectivity index is 2.16. The first-order valence-corrected chi connectivity index (χ1v) is 8.75. The molecule has 0 spiro atoms. The molecule has 1 heterocycles. The van der Waals surface area contributed by atoms with E-state index in [2.05, 4.69) is 17.2 Å². The Labute approximate surface area is 115 Å². The number of hydrogen-bond donors (Lipinski definition) is 1. The standard InChI is InChI=1S/C14H22N2O2S/c1-3-14(8-4-5-9-14)11-16-13-12(19(2,17)18)7-6-10-15-13/h6-7,10H,3-5,8-9,11H2,1-2H3,(H,15,16). The van der Waals surface area contributed by atoms with Gasteiger partial charge in [0.2, 0.25) is 0 Å². The van der Waals surface area contributed by atoms with E-state index in [9.17, 15) is 8.42 Å². The Morgan fingerprint density at radius 3 is 2.63 bits per heavy atom. The SMILES string of the molecule is CCC1(CNc2ncccc2S(C)(=O)=O)CCCC1. The van der Waals surface area contributed by atoms with Gasteiger partial charge in [0.25, 0.3) is 0 Å². The zero-order valence-corrected chi connectivity index (χ0v) is 12.5. The summed E-state index contributed by atoms with van der Waals surface area (Å²) >= 11 is 0. The van der Waals surface area contributed by atoms with Crippen molar-refractivity contribution in [2.45, 2.75) is 43.9 Å². The van der Waals surface area contributed by atoms with Crippen LogP contribution in [0.1, 0.15) is 39.0 Å². The monoisotopic (exact) mass is 282 g/mol. The van der Waals surface area contributed by atoms with Gasteiger partial charge in [0.05, 0.1) is 0 Å². The van der Waals surface area contributed by atoms with Gasteiger partial charge in [-0.15, -0.1) is 0 Å². The molecule has 1 aromatic heterocycles. The Kier molecular flexibility index (Phi) is 4.13. The summed E-state index contributed by atoms with van der Waals surface area (Å²) in [5, 5.41) is 3.26. The third-order valence-electron chi connectivity index (χ3n) is 4.22. The molecule has 0 aromatic carbocycles. The van der Waals surface area contributed by atoms with E-state index >= 15 is 0 Å². The molecule has 0 atom stereocenters. The van der Waals surface area contributed by atoms with Crippen LogP contribution in [0.15, 0.2) is 23.2 Å². The smallest absolute Gasteiger partial charge is 0.179 e. The highest BCUT2D eigenvalue weighted by Gasteiger charge is 2.32. The summed E-state index contributed by atoms with van der Waals surface area (Å²) < 4.78 is 23.4. The number of rotatable bonds is 5. The van der Waals surface area contributed by atoms with Gasteiger partial charge in [-0.3, -0.25) is 0 Å². The lowest BCUT2D eigenvalue weighted by Gasteiger charge is -2.28. The van der Waals surface area contributed by atoms with Crippen molar-refractivity contribution in [2.24, 2.45) is 5.41 Å². The van der Waals surface area contributed by atoms with Crippen molar-refractivity contribution >= 4 is 15.7 Å². The molecule has 1 aliphatic carbocycles. The van der Waals surface area contributed by atoms with E-state index in [-0.39, 0.29) is 0 Å². The predicted octanol–water partition coefficient (Wildman–Crippen LogP) is 2.87. The molecular formula is C14H22N2O2S. The van der Waals surface area contributed by atoms with Gasteiger partial charge in [0.15, 0.2) is 9.84 Å². The van der Waals surface area contributed by atoms with E-state index in [4.69, 9.17) is 0 Å². The maximum Gasteiger partial charge on any atom is 0.179 e. The summed E-state index contributed by atoms with van der Waals surface area (Å²) in [6.45, 7) is 3.02. The Hall–Kier alpha value is -1.10. The van der Waals surface area contributed by atoms with Crippen molar-refractivity contribution in [1.29, 1.82) is 0 Å². The van der Waals surface area contributed by atoms with Gasteiger partial charge in [-0.2, -0.15) is 0 Å². The second kappa shape index (κ2) is 5.49.